The summed E-state index contributed by atoms with van der Waals surface area (Å²) >= 11 is 0. The van der Waals surface area contributed by atoms with Crippen molar-refractivity contribution in [3.05, 3.63) is 35.2 Å². The summed E-state index contributed by atoms with van der Waals surface area (Å²) in [6.07, 6.45) is 2.75. The normalized spacial score (nSPS) is 10.8. The molecule has 0 aliphatic carbocycles. The zero-order chi connectivity index (χ0) is 14.0. The van der Waals surface area contributed by atoms with E-state index in [2.05, 4.69) is 25.0 Å². The topological polar surface area (TPSA) is 53.1 Å². The van der Waals surface area contributed by atoms with Crippen molar-refractivity contribution >= 4 is 0 Å². The van der Waals surface area contributed by atoms with Gasteiger partial charge < -0.3 is 10.5 Å². The van der Waals surface area contributed by atoms with Crippen LogP contribution in [0.2, 0.25) is 0 Å². The van der Waals surface area contributed by atoms with Crippen molar-refractivity contribution in [1.29, 1.82) is 0 Å². The lowest BCUT2D eigenvalue weighted by atomic mass is 9.96. The average Bonchev–Trinajstić information content (AvgIpc) is 2.75. The Hall–Kier alpha value is -1.81. The van der Waals surface area contributed by atoms with E-state index in [-0.39, 0.29) is 0 Å². The van der Waals surface area contributed by atoms with Crippen LogP contribution >= 0.6 is 0 Å². The number of methoxy groups -OCH3 is 1. The van der Waals surface area contributed by atoms with E-state index in [1.807, 2.05) is 24.0 Å². The largest absolute Gasteiger partial charge is 0.496 e. The van der Waals surface area contributed by atoms with Gasteiger partial charge in [0.25, 0.3) is 0 Å². The number of nitrogens with two attached hydrogens (primary N) is 1. The maximum atomic E-state index is 5.69. The maximum absolute atomic E-state index is 5.69. The third kappa shape index (κ3) is 2.36. The molecule has 0 aliphatic rings. The molecule has 1 aromatic heterocycles. The van der Waals surface area contributed by atoms with Crippen LogP contribution in [0.1, 0.15) is 16.8 Å². The highest BCUT2D eigenvalue weighted by Crippen LogP contribution is 2.32. The molecule has 1 aromatic carbocycles. The lowest BCUT2D eigenvalue weighted by molar-refractivity contribution is 0.411. The maximum Gasteiger partial charge on any atom is 0.122 e. The van der Waals surface area contributed by atoms with Crippen molar-refractivity contribution in [2.45, 2.75) is 20.3 Å². The minimum absolute atomic E-state index is 0.626. The predicted molar refractivity (Wildman–Crippen MR) is 77.4 cm³/mol. The Balaban J connectivity index is 2.56. The smallest absolute Gasteiger partial charge is 0.122 e. The molecule has 0 aliphatic heterocycles. The lowest BCUT2D eigenvalue weighted by Crippen LogP contribution is -2.08. The van der Waals surface area contributed by atoms with Crippen LogP contribution in [0.15, 0.2) is 18.3 Å². The van der Waals surface area contributed by atoms with Gasteiger partial charge in [-0.1, -0.05) is 6.07 Å². The van der Waals surface area contributed by atoms with Gasteiger partial charge in [0, 0.05) is 24.7 Å². The van der Waals surface area contributed by atoms with Crippen molar-refractivity contribution in [2.75, 3.05) is 13.7 Å². The molecule has 0 radical (unpaired) electrons. The Morgan fingerprint density at radius 1 is 1.21 bits per heavy atom. The Bertz CT molecular complexity index is 587. The molecule has 2 rings (SSSR count). The molecule has 2 aromatic rings. The summed E-state index contributed by atoms with van der Waals surface area (Å²) in [5.74, 6) is 0.922. The van der Waals surface area contributed by atoms with Crippen LogP contribution in [-0.4, -0.2) is 23.4 Å². The molecule has 0 fully saturated rings. The highest BCUT2D eigenvalue weighted by molar-refractivity contribution is 5.71. The third-order valence-electron chi connectivity index (χ3n) is 3.69. The monoisotopic (exact) mass is 259 g/mol. The third-order valence-corrected chi connectivity index (χ3v) is 3.69. The first-order valence-electron chi connectivity index (χ1n) is 6.45. The second kappa shape index (κ2) is 5.45. The fraction of sp³-hybridized carbons (Fsp3) is 0.400. The zero-order valence-electron chi connectivity index (χ0n) is 12.0. The summed E-state index contributed by atoms with van der Waals surface area (Å²) in [5, 5.41) is 4.35. The van der Waals surface area contributed by atoms with E-state index < -0.39 is 0 Å². The highest BCUT2D eigenvalue weighted by atomic mass is 16.5. The number of nitrogens with zero attached hydrogens (tertiary/aromatic N) is 2. The standard InChI is InChI=1S/C15H21N3O/c1-10-11(2)15(19-4)6-5-12(10)13-9-17-18(3)14(13)7-8-16/h5-6,9H,7-8,16H2,1-4H3. The molecule has 2 N–H and O–H groups in total. The first-order chi connectivity index (χ1) is 9.10. The van der Waals surface area contributed by atoms with Gasteiger partial charge in [-0.05, 0) is 43.1 Å². The summed E-state index contributed by atoms with van der Waals surface area (Å²) in [6.45, 7) is 4.82. The van der Waals surface area contributed by atoms with Crippen LogP contribution in [0.5, 0.6) is 5.75 Å². The molecule has 0 spiro atoms. The average molecular weight is 259 g/mol. The second-order valence-corrected chi connectivity index (χ2v) is 4.73. The van der Waals surface area contributed by atoms with Crippen molar-refractivity contribution in [3.63, 3.8) is 0 Å². The fourth-order valence-electron chi connectivity index (χ4n) is 2.43. The molecule has 0 saturated carbocycles. The molecular weight excluding hydrogens is 238 g/mol. The molecule has 1 heterocycles. The van der Waals surface area contributed by atoms with Gasteiger partial charge in [-0.2, -0.15) is 5.10 Å². The molecule has 4 heteroatoms. The number of benzene rings is 1. The number of rotatable bonds is 4. The van der Waals surface area contributed by atoms with Gasteiger partial charge in [0.05, 0.1) is 13.3 Å². The van der Waals surface area contributed by atoms with E-state index in [9.17, 15) is 0 Å². The van der Waals surface area contributed by atoms with Gasteiger partial charge in [-0.3, -0.25) is 4.68 Å². The van der Waals surface area contributed by atoms with Gasteiger partial charge in [0.15, 0.2) is 0 Å². The SMILES string of the molecule is COc1ccc(-c2cnn(C)c2CCN)c(C)c1C. The van der Waals surface area contributed by atoms with Crippen LogP contribution in [0.4, 0.5) is 0 Å². The van der Waals surface area contributed by atoms with Crippen LogP contribution in [0.25, 0.3) is 11.1 Å². The number of hydrogen-bond donors (Lipinski definition) is 1. The Morgan fingerprint density at radius 3 is 2.58 bits per heavy atom. The minimum atomic E-state index is 0.626. The van der Waals surface area contributed by atoms with Crippen molar-refractivity contribution in [2.24, 2.45) is 12.8 Å². The van der Waals surface area contributed by atoms with Gasteiger partial charge in [0.1, 0.15) is 5.75 Å². The Kier molecular flexibility index (Phi) is 3.90. The number of aryl methyl sites for hydroxylation is 1. The van der Waals surface area contributed by atoms with E-state index in [1.54, 1.807) is 7.11 Å². The summed E-state index contributed by atoms with van der Waals surface area (Å²) in [4.78, 5) is 0. The van der Waals surface area contributed by atoms with E-state index in [0.717, 1.165) is 17.7 Å². The quantitative estimate of drug-likeness (QED) is 0.916. The number of ether oxygens (including phenoxy) is 1. The van der Waals surface area contributed by atoms with Crippen LogP contribution in [0.3, 0.4) is 0 Å². The van der Waals surface area contributed by atoms with Crippen LogP contribution in [-0.2, 0) is 13.5 Å². The number of aromatic nitrogens is 2. The summed E-state index contributed by atoms with van der Waals surface area (Å²) < 4.78 is 7.26. The lowest BCUT2D eigenvalue weighted by Gasteiger charge is -2.13. The Morgan fingerprint density at radius 2 is 1.95 bits per heavy atom. The van der Waals surface area contributed by atoms with E-state index in [0.29, 0.717) is 6.54 Å². The van der Waals surface area contributed by atoms with E-state index >= 15 is 0 Å². The summed E-state index contributed by atoms with van der Waals surface area (Å²) in [7, 11) is 3.66. The summed E-state index contributed by atoms with van der Waals surface area (Å²) in [5.41, 5.74) is 11.6. The number of hydrogen-bond acceptors (Lipinski definition) is 3. The Labute approximate surface area is 114 Å². The molecule has 0 amide bonds. The highest BCUT2D eigenvalue weighted by Gasteiger charge is 2.14. The van der Waals surface area contributed by atoms with Gasteiger partial charge in [-0.15, -0.1) is 0 Å². The van der Waals surface area contributed by atoms with Gasteiger partial charge >= 0.3 is 0 Å². The van der Waals surface area contributed by atoms with Crippen molar-refractivity contribution in [1.82, 2.24) is 9.78 Å². The first kappa shape index (κ1) is 13.6. The predicted octanol–water partition coefficient (Wildman–Crippen LogP) is 2.21. The zero-order valence-corrected chi connectivity index (χ0v) is 12.0. The molecule has 0 atom stereocenters. The first-order valence-corrected chi connectivity index (χ1v) is 6.45. The summed E-state index contributed by atoms with van der Waals surface area (Å²) in [6, 6.07) is 4.11. The molecule has 0 saturated heterocycles. The molecular formula is C15H21N3O. The van der Waals surface area contributed by atoms with E-state index in [1.165, 1.54) is 22.4 Å². The molecule has 0 unspecified atom stereocenters. The molecule has 102 valence electrons. The van der Waals surface area contributed by atoms with Gasteiger partial charge in [0.2, 0.25) is 0 Å². The molecule has 4 nitrogen and oxygen atoms in total. The van der Waals surface area contributed by atoms with Crippen molar-refractivity contribution in [3.8, 4) is 16.9 Å². The van der Waals surface area contributed by atoms with E-state index in [4.69, 9.17) is 10.5 Å². The van der Waals surface area contributed by atoms with Gasteiger partial charge in [-0.25, -0.2) is 0 Å². The fourth-order valence-corrected chi connectivity index (χ4v) is 2.43. The minimum Gasteiger partial charge on any atom is -0.496 e. The second-order valence-electron chi connectivity index (χ2n) is 4.73. The van der Waals surface area contributed by atoms with Crippen LogP contribution < -0.4 is 10.5 Å². The van der Waals surface area contributed by atoms with Crippen molar-refractivity contribution < 1.29 is 4.74 Å². The molecule has 19 heavy (non-hydrogen) atoms. The molecule has 0 bridgehead atoms. The van der Waals surface area contributed by atoms with Crippen LogP contribution in [0, 0.1) is 13.8 Å².